The van der Waals surface area contributed by atoms with Crippen LogP contribution in [0.2, 0.25) is 0 Å². The standard InChI is InChI=1S/C32H58N2O7S/c1-21(8-11-29(38)33-14-6-15-34(4,5)16-7-17-42(39,40)41)24-9-10-25-30-26(20-28(37)32(24,25)3)31(2)13-12-23(35)18-22(31)19-27(30)36/h21-28,30,35-37H,6-20H2,1-5H3,(H-,33,38,39,40,41)/t21?,22-,23+,24+,25?,26?,27+,28-,30?,31-,32+/m0/s1. The number of nitrogens with zero attached hydrogens (tertiary/aromatic N) is 1. The van der Waals surface area contributed by atoms with Crippen LogP contribution in [-0.4, -0.2) is 96.5 Å². The summed E-state index contributed by atoms with van der Waals surface area (Å²) >= 11 is 0. The third kappa shape index (κ3) is 7.20. The lowest BCUT2D eigenvalue weighted by molar-refractivity contribution is -0.890. The molecule has 0 aliphatic heterocycles. The smallest absolute Gasteiger partial charge is 0.220 e. The van der Waals surface area contributed by atoms with Crippen molar-refractivity contribution in [2.45, 2.75) is 110 Å². The molecule has 0 heterocycles. The Morgan fingerprint density at radius 3 is 2.40 bits per heavy atom. The van der Waals surface area contributed by atoms with Crippen LogP contribution in [0.1, 0.15) is 91.4 Å². The molecule has 244 valence electrons. The first-order chi connectivity index (χ1) is 19.5. The monoisotopic (exact) mass is 614 g/mol. The average Bonchev–Trinajstić information content (AvgIpc) is 3.24. The van der Waals surface area contributed by atoms with E-state index in [1.54, 1.807) is 0 Å². The molecule has 4 aliphatic rings. The quantitative estimate of drug-likeness (QED) is 0.150. The van der Waals surface area contributed by atoms with Gasteiger partial charge in [0.1, 0.15) is 0 Å². The number of fused-ring (bicyclic) bond motifs is 5. The molecule has 4 N–H and O–H groups in total. The molecule has 4 aliphatic carbocycles. The summed E-state index contributed by atoms with van der Waals surface area (Å²) in [6, 6.07) is 0. The highest BCUT2D eigenvalue weighted by atomic mass is 32.2. The van der Waals surface area contributed by atoms with E-state index in [-0.39, 0.29) is 52.5 Å². The molecule has 10 heteroatoms. The van der Waals surface area contributed by atoms with Crippen molar-refractivity contribution >= 4 is 16.0 Å². The van der Waals surface area contributed by atoms with Crippen molar-refractivity contribution in [3.63, 3.8) is 0 Å². The van der Waals surface area contributed by atoms with E-state index in [0.717, 1.165) is 64.3 Å². The molecular formula is C32H58N2O7S. The summed E-state index contributed by atoms with van der Waals surface area (Å²) in [4.78, 5) is 12.7. The van der Waals surface area contributed by atoms with Crippen LogP contribution in [0.4, 0.5) is 0 Å². The number of nitrogens with one attached hydrogen (secondary N) is 1. The van der Waals surface area contributed by atoms with Crippen molar-refractivity contribution in [2.75, 3.05) is 39.5 Å². The first kappa shape index (κ1) is 34.1. The Hall–Kier alpha value is -0.780. The maximum atomic E-state index is 12.7. The summed E-state index contributed by atoms with van der Waals surface area (Å²) in [5.41, 5.74) is -0.191. The summed E-state index contributed by atoms with van der Waals surface area (Å²) in [5.74, 6) is 1.38. The molecule has 4 unspecified atom stereocenters. The van der Waals surface area contributed by atoms with Gasteiger partial charge in [-0.05, 0) is 97.7 Å². The van der Waals surface area contributed by atoms with E-state index in [1.807, 2.05) is 14.1 Å². The lowest BCUT2D eigenvalue weighted by atomic mass is 9.43. The Morgan fingerprint density at radius 2 is 1.71 bits per heavy atom. The SMILES string of the molecule is CC(CCC(=O)NCCC[N+](C)(C)CCCS(=O)(=O)[O-])[C@H]1CCC2C3C(C[C@H](O)[C@@]21C)[C@@]1(C)CC[C@@H](O)C[C@H]1C[C@H]3O. The lowest BCUT2D eigenvalue weighted by Crippen LogP contribution is -2.62. The number of carbonyl (C=O) groups is 1. The van der Waals surface area contributed by atoms with E-state index >= 15 is 0 Å². The Balaban J connectivity index is 1.27. The van der Waals surface area contributed by atoms with Gasteiger partial charge in [0.2, 0.25) is 5.91 Å². The van der Waals surface area contributed by atoms with Crippen LogP contribution in [0.25, 0.3) is 0 Å². The Bertz CT molecular complexity index is 1050. The molecule has 11 atom stereocenters. The van der Waals surface area contributed by atoms with Crippen LogP contribution in [0.5, 0.6) is 0 Å². The maximum Gasteiger partial charge on any atom is 0.220 e. The molecule has 0 aromatic carbocycles. The topological polar surface area (TPSA) is 147 Å². The molecule has 0 spiro atoms. The molecule has 0 aromatic rings. The fourth-order valence-corrected chi connectivity index (χ4v) is 10.8. The number of quaternary nitrogens is 1. The number of rotatable bonds is 12. The molecule has 0 aromatic heterocycles. The third-order valence-electron chi connectivity index (χ3n) is 12.8. The van der Waals surface area contributed by atoms with Gasteiger partial charge in [-0.25, -0.2) is 8.42 Å². The minimum atomic E-state index is -4.18. The molecule has 0 saturated heterocycles. The summed E-state index contributed by atoms with van der Waals surface area (Å²) in [6.45, 7) is 8.78. The van der Waals surface area contributed by atoms with E-state index in [1.165, 1.54) is 0 Å². The second kappa shape index (κ2) is 12.9. The van der Waals surface area contributed by atoms with E-state index in [0.29, 0.717) is 48.2 Å². The highest BCUT2D eigenvalue weighted by Crippen LogP contribution is 2.68. The van der Waals surface area contributed by atoms with Crippen LogP contribution < -0.4 is 5.32 Å². The Labute approximate surface area is 254 Å². The Kier molecular flexibility index (Phi) is 10.5. The van der Waals surface area contributed by atoms with E-state index in [9.17, 15) is 33.1 Å². The van der Waals surface area contributed by atoms with Gasteiger partial charge in [0.15, 0.2) is 0 Å². The molecule has 4 fully saturated rings. The van der Waals surface area contributed by atoms with Gasteiger partial charge in [-0.2, -0.15) is 0 Å². The van der Waals surface area contributed by atoms with Gasteiger partial charge < -0.3 is 29.7 Å². The maximum absolute atomic E-state index is 12.7. The zero-order valence-electron chi connectivity index (χ0n) is 26.6. The van der Waals surface area contributed by atoms with Crippen molar-refractivity contribution in [3.05, 3.63) is 0 Å². The molecule has 1 amide bonds. The van der Waals surface area contributed by atoms with Crippen molar-refractivity contribution in [1.29, 1.82) is 0 Å². The van der Waals surface area contributed by atoms with Gasteiger partial charge in [0.25, 0.3) is 0 Å². The van der Waals surface area contributed by atoms with Crippen molar-refractivity contribution in [2.24, 2.45) is 46.3 Å². The predicted molar refractivity (Wildman–Crippen MR) is 161 cm³/mol. The van der Waals surface area contributed by atoms with Gasteiger partial charge in [0, 0.05) is 31.6 Å². The zero-order valence-corrected chi connectivity index (χ0v) is 27.4. The van der Waals surface area contributed by atoms with Gasteiger partial charge in [-0.1, -0.05) is 20.8 Å². The minimum absolute atomic E-state index is 0.0368. The van der Waals surface area contributed by atoms with Crippen molar-refractivity contribution in [1.82, 2.24) is 5.32 Å². The molecule has 4 rings (SSSR count). The highest BCUT2D eigenvalue weighted by molar-refractivity contribution is 7.85. The number of aliphatic hydroxyl groups is 3. The molecule has 0 bridgehead atoms. The first-order valence-corrected chi connectivity index (χ1v) is 18.1. The summed E-state index contributed by atoms with van der Waals surface area (Å²) < 4.78 is 33.1. The summed E-state index contributed by atoms with van der Waals surface area (Å²) in [5, 5.41) is 36.6. The van der Waals surface area contributed by atoms with E-state index in [4.69, 9.17) is 0 Å². The first-order valence-electron chi connectivity index (χ1n) is 16.5. The summed E-state index contributed by atoms with van der Waals surface area (Å²) in [7, 11) is -0.177. The zero-order chi connectivity index (χ0) is 31.1. The molecule has 4 saturated carbocycles. The van der Waals surface area contributed by atoms with Gasteiger partial charge in [-0.3, -0.25) is 4.79 Å². The summed E-state index contributed by atoms with van der Waals surface area (Å²) in [6.07, 6.45) is 7.35. The second-order valence-corrected chi connectivity index (χ2v) is 17.3. The molecular weight excluding hydrogens is 556 g/mol. The largest absolute Gasteiger partial charge is 0.748 e. The molecule has 42 heavy (non-hydrogen) atoms. The Morgan fingerprint density at radius 1 is 1.02 bits per heavy atom. The number of carbonyl (C=O) groups excluding carboxylic acids is 1. The highest BCUT2D eigenvalue weighted by Gasteiger charge is 2.65. The third-order valence-corrected chi connectivity index (χ3v) is 13.6. The number of hydrogen-bond acceptors (Lipinski definition) is 7. The van der Waals surface area contributed by atoms with E-state index < -0.39 is 16.2 Å². The second-order valence-electron chi connectivity index (χ2n) is 15.7. The van der Waals surface area contributed by atoms with Crippen LogP contribution in [-0.2, 0) is 14.9 Å². The van der Waals surface area contributed by atoms with Crippen LogP contribution in [0, 0.1) is 46.3 Å². The van der Waals surface area contributed by atoms with Gasteiger partial charge in [-0.15, -0.1) is 0 Å². The molecule has 9 nitrogen and oxygen atoms in total. The van der Waals surface area contributed by atoms with E-state index in [2.05, 4.69) is 26.1 Å². The predicted octanol–water partition coefficient (Wildman–Crippen LogP) is 2.88. The van der Waals surface area contributed by atoms with Crippen LogP contribution in [0.15, 0.2) is 0 Å². The van der Waals surface area contributed by atoms with Crippen LogP contribution >= 0.6 is 0 Å². The fraction of sp³-hybridized carbons (Fsp3) is 0.969. The minimum Gasteiger partial charge on any atom is -0.748 e. The molecule has 0 radical (unpaired) electrons. The van der Waals surface area contributed by atoms with Gasteiger partial charge in [0.05, 0.1) is 55.6 Å². The lowest BCUT2D eigenvalue weighted by Gasteiger charge is -2.63. The number of amides is 1. The average molecular weight is 615 g/mol. The van der Waals surface area contributed by atoms with Crippen LogP contribution in [0.3, 0.4) is 0 Å². The van der Waals surface area contributed by atoms with Crippen molar-refractivity contribution < 1.29 is 37.6 Å². The number of hydrogen-bond donors (Lipinski definition) is 4. The number of aliphatic hydroxyl groups excluding tert-OH is 3. The normalized spacial score (nSPS) is 41.0. The van der Waals surface area contributed by atoms with Crippen molar-refractivity contribution in [3.8, 4) is 0 Å². The van der Waals surface area contributed by atoms with Gasteiger partial charge >= 0.3 is 0 Å². The fourth-order valence-electron chi connectivity index (χ4n) is 10.3.